The molecule has 1 aromatic carbocycles. The van der Waals surface area contributed by atoms with Crippen molar-refractivity contribution < 1.29 is 23.5 Å². The Balaban J connectivity index is 2.01. The normalized spacial score (nSPS) is 10.0. The number of ether oxygens (including phenoxy) is 1. The van der Waals surface area contributed by atoms with Crippen LogP contribution in [0.15, 0.2) is 42.7 Å². The molecule has 0 atom stereocenters. The second-order valence-corrected chi connectivity index (χ2v) is 4.61. The van der Waals surface area contributed by atoms with Crippen molar-refractivity contribution in [2.24, 2.45) is 0 Å². The fraction of sp³-hybridized carbons (Fsp3) is 0.125. The number of esters is 1. The van der Waals surface area contributed by atoms with Crippen LogP contribution in [-0.2, 0) is 9.53 Å². The van der Waals surface area contributed by atoms with Crippen molar-refractivity contribution in [3.63, 3.8) is 0 Å². The summed E-state index contributed by atoms with van der Waals surface area (Å²) in [6.07, 6.45) is 2.83. The van der Waals surface area contributed by atoms with Gasteiger partial charge in [0.2, 0.25) is 11.7 Å². The van der Waals surface area contributed by atoms with Gasteiger partial charge in [-0.05, 0) is 30.3 Å². The molecule has 0 bridgehead atoms. The number of pyridine rings is 1. The Labute approximate surface area is 131 Å². The highest BCUT2D eigenvalue weighted by molar-refractivity contribution is 6.00. The number of nitrogens with zero attached hydrogens (tertiary/aromatic N) is 1. The molecule has 6 nitrogen and oxygen atoms in total. The fourth-order valence-corrected chi connectivity index (χ4v) is 1.80. The van der Waals surface area contributed by atoms with Gasteiger partial charge in [0.05, 0.1) is 11.1 Å². The number of carbonyl (C=O) groups excluding carboxylic acids is 3. The van der Waals surface area contributed by atoms with E-state index >= 15 is 0 Å². The smallest absolute Gasteiger partial charge is 0.338 e. The van der Waals surface area contributed by atoms with Crippen molar-refractivity contribution in [3.8, 4) is 0 Å². The van der Waals surface area contributed by atoms with Gasteiger partial charge in [0, 0.05) is 25.0 Å². The SMILES string of the molecule is CC(=O)Nc1ccc(C(=O)COC(=O)c2ccncc2)c(F)c1. The lowest BCUT2D eigenvalue weighted by molar-refractivity contribution is -0.114. The van der Waals surface area contributed by atoms with E-state index in [2.05, 4.69) is 10.3 Å². The van der Waals surface area contributed by atoms with E-state index in [-0.39, 0.29) is 22.7 Å². The first-order valence-electron chi connectivity index (χ1n) is 6.65. The number of nitrogens with one attached hydrogen (secondary N) is 1. The van der Waals surface area contributed by atoms with Gasteiger partial charge in [-0.3, -0.25) is 14.6 Å². The summed E-state index contributed by atoms with van der Waals surface area (Å²) in [6, 6.07) is 6.52. The second-order valence-electron chi connectivity index (χ2n) is 4.61. The van der Waals surface area contributed by atoms with Crippen LogP contribution in [0.4, 0.5) is 10.1 Å². The Hall–Kier alpha value is -3.09. The van der Waals surface area contributed by atoms with Crippen molar-refractivity contribution >= 4 is 23.3 Å². The predicted molar refractivity (Wildman–Crippen MR) is 79.6 cm³/mol. The first-order valence-corrected chi connectivity index (χ1v) is 6.65. The van der Waals surface area contributed by atoms with E-state index in [1.807, 2.05) is 0 Å². The second kappa shape index (κ2) is 7.26. The molecule has 1 heterocycles. The molecule has 7 heteroatoms. The highest BCUT2D eigenvalue weighted by atomic mass is 19.1. The molecule has 0 fully saturated rings. The van der Waals surface area contributed by atoms with Gasteiger partial charge in [-0.15, -0.1) is 0 Å². The van der Waals surface area contributed by atoms with E-state index in [0.29, 0.717) is 0 Å². The Morgan fingerprint density at radius 3 is 2.48 bits per heavy atom. The van der Waals surface area contributed by atoms with Crippen LogP contribution in [0.25, 0.3) is 0 Å². The monoisotopic (exact) mass is 316 g/mol. The van der Waals surface area contributed by atoms with Gasteiger partial charge in [0.25, 0.3) is 0 Å². The van der Waals surface area contributed by atoms with Crippen molar-refractivity contribution in [2.45, 2.75) is 6.92 Å². The Morgan fingerprint density at radius 1 is 1.17 bits per heavy atom. The topological polar surface area (TPSA) is 85.4 Å². The number of Topliss-reactive ketones (excluding diaryl/α,β-unsaturated/α-hetero) is 1. The molecule has 0 saturated carbocycles. The molecule has 0 unspecified atom stereocenters. The van der Waals surface area contributed by atoms with E-state index in [1.54, 1.807) is 0 Å². The molecule has 0 spiro atoms. The van der Waals surface area contributed by atoms with Gasteiger partial charge in [-0.2, -0.15) is 0 Å². The number of anilines is 1. The van der Waals surface area contributed by atoms with Gasteiger partial charge in [0.1, 0.15) is 5.82 Å². The highest BCUT2D eigenvalue weighted by Gasteiger charge is 2.15. The van der Waals surface area contributed by atoms with Crippen LogP contribution in [0.2, 0.25) is 0 Å². The minimum atomic E-state index is -0.804. The van der Waals surface area contributed by atoms with Gasteiger partial charge in [-0.25, -0.2) is 9.18 Å². The number of hydrogen-bond acceptors (Lipinski definition) is 5. The van der Waals surface area contributed by atoms with Crippen molar-refractivity contribution in [3.05, 3.63) is 59.7 Å². The third kappa shape index (κ3) is 4.44. The minimum absolute atomic E-state index is 0.221. The van der Waals surface area contributed by atoms with E-state index in [0.717, 1.165) is 6.07 Å². The molecule has 0 aliphatic carbocycles. The number of halogens is 1. The highest BCUT2D eigenvalue weighted by Crippen LogP contribution is 2.15. The van der Waals surface area contributed by atoms with E-state index in [9.17, 15) is 18.8 Å². The molecule has 2 rings (SSSR count). The summed E-state index contributed by atoms with van der Waals surface area (Å²) in [4.78, 5) is 38.3. The van der Waals surface area contributed by atoms with Crippen LogP contribution in [0.1, 0.15) is 27.6 Å². The number of benzene rings is 1. The van der Waals surface area contributed by atoms with E-state index in [4.69, 9.17) is 4.74 Å². The molecule has 23 heavy (non-hydrogen) atoms. The average Bonchev–Trinajstić information content (AvgIpc) is 2.52. The van der Waals surface area contributed by atoms with Crippen LogP contribution in [0, 0.1) is 5.82 Å². The van der Waals surface area contributed by atoms with Gasteiger partial charge < -0.3 is 10.1 Å². The minimum Gasteiger partial charge on any atom is -0.454 e. The predicted octanol–water partition coefficient (Wildman–Crippen LogP) is 2.22. The third-order valence-electron chi connectivity index (χ3n) is 2.84. The average molecular weight is 316 g/mol. The number of hydrogen-bond donors (Lipinski definition) is 1. The number of ketones is 1. The molecule has 118 valence electrons. The summed E-state index contributed by atoms with van der Waals surface area (Å²) in [5, 5.41) is 2.40. The lowest BCUT2D eigenvalue weighted by Gasteiger charge is -2.07. The standard InChI is InChI=1S/C16H13FN2O4/c1-10(20)19-12-2-3-13(14(17)8-12)15(21)9-23-16(22)11-4-6-18-7-5-11/h2-8H,9H2,1H3,(H,19,20). The zero-order valence-corrected chi connectivity index (χ0v) is 12.2. The van der Waals surface area contributed by atoms with Crippen LogP contribution in [0.3, 0.4) is 0 Å². The summed E-state index contributed by atoms with van der Waals surface area (Å²) < 4.78 is 18.7. The molecule has 0 aliphatic rings. The van der Waals surface area contributed by atoms with Crippen LogP contribution in [-0.4, -0.2) is 29.3 Å². The summed E-state index contributed by atoms with van der Waals surface area (Å²) in [5.41, 5.74) is 0.260. The zero-order valence-electron chi connectivity index (χ0n) is 12.2. The maximum Gasteiger partial charge on any atom is 0.338 e. The molecular formula is C16H13FN2O4. The van der Waals surface area contributed by atoms with Crippen molar-refractivity contribution in [1.82, 2.24) is 4.98 Å². The molecule has 1 amide bonds. The van der Waals surface area contributed by atoms with Crippen molar-refractivity contribution in [1.29, 1.82) is 0 Å². The summed E-state index contributed by atoms with van der Waals surface area (Å²) in [5.74, 6) is -2.54. The number of carbonyl (C=O) groups is 3. The molecule has 1 N–H and O–H groups in total. The maximum atomic E-state index is 13.9. The quantitative estimate of drug-likeness (QED) is 0.675. The zero-order chi connectivity index (χ0) is 16.8. The molecule has 0 saturated heterocycles. The molecular weight excluding hydrogens is 303 g/mol. The van der Waals surface area contributed by atoms with Crippen LogP contribution in [0.5, 0.6) is 0 Å². The van der Waals surface area contributed by atoms with Crippen LogP contribution < -0.4 is 5.32 Å². The largest absolute Gasteiger partial charge is 0.454 e. The number of amides is 1. The lowest BCUT2D eigenvalue weighted by Crippen LogP contribution is -2.16. The first kappa shape index (κ1) is 16.3. The fourth-order valence-electron chi connectivity index (χ4n) is 1.80. The van der Waals surface area contributed by atoms with Gasteiger partial charge in [-0.1, -0.05) is 0 Å². The first-order chi connectivity index (χ1) is 11.0. The molecule has 0 aliphatic heterocycles. The Bertz CT molecular complexity index is 747. The van der Waals surface area contributed by atoms with E-state index in [1.165, 1.54) is 43.6 Å². The number of rotatable bonds is 5. The van der Waals surface area contributed by atoms with Gasteiger partial charge in [0.15, 0.2) is 6.61 Å². The Morgan fingerprint density at radius 2 is 1.87 bits per heavy atom. The van der Waals surface area contributed by atoms with Crippen LogP contribution >= 0.6 is 0 Å². The molecule has 2 aromatic rings. The maximum absolute atomic E-state index is 13.9. The third-order valence-corrected chi connectivity index (χ3v) is 2.84. The molecule has 1 aromatic heterocycles. The summed E-state index contributed by atoms with van der Waals surface area (Å²) >= 11 is 0. The molecule has 0 radical (unpaired) electrons. The lowest BCUT2D eigenvalue weighted by atomic mass is 10.1. The van der Waals surface area contributed by atoms with E-state index < -0.39 is 24.2 Å². The summed E-state index contributed by atoms with van der Waals surface area (Å²) in [7, 11) is 0. The Kier molecular flexibility index (Phi) is 5.14. The van der Waals surface area contributed by atoms with Gasteiger partial charge >= 0.3 is 5.97 Å². The summed E-state index contributed by atoms with van der Waals surface area (Å²) in [6.45, 7) is 0.701. The number of aromatic nitrogens is 1. The van der Waals surface area contributed by atoms with Crippen molar-refractivity contribution in [2.75, 3.05) is 11.9 Å².